The number of hydrogen-bond acceptors (Lipinski definition) is 4. The van der Waals surface area contributed by atoms with Gasteiger partial charge in [-0.05, 0) is 26.0 Å². The number of carbonyl (C=O) groups excluding carboxylic acids is 2. The number of thiazole rings is 1. The summed E-state index contributed by atoms with van der Waals surface area (Å²) in [7, 11) is 0. The molecule has 3 rings (SSSR count). The third-order valence-electron chi connectivity index (χ3n) is 3.31. The van der Waals surface area contributed by atoms with E-state index < -0.39 is 17.5 Å². The second-order valence-electron chi connectivity index (χ2n) is 4.61. The minimum Gasteiger partial charge on any atom is -0.295 e. The van der Waals surface area contributed by atoms with Crippen LogP contribution in [0.5, 0.6) is 0 Å². The van der Waals surface area contributed by atoms with Crippen molar-refractivity contribution < 1.29 is 14.0 Å². The van der Waals surface area contributed by atoms with Crippen LogP contribution in [0.2, 0.25) is 0 Å². The van der Waals surface area contributed by atoms with Crippen LogP contribution < -0.4 is 4.90 Å². The first kappa shape index (κ1) is 12.9. The summed E-state index contributed by atoms with van der Waals surface area (Å²) in [6.07, 6.45) is 0. The quantitative estimate of drug-likeness (QED) is 0.799. The number of ketones is 1. The molecule has 0 radical (unpaired) electrons. The zero-order valence-electron chi connectivity index (χ0n) is 10.9. The van der Waals surface area contributed by atoms with Crippen molar-refractivity contribution in [3.05, 3.63) is 45.2 Å². The molecule has 20 heavy (non-hydrogen) atoms. The summed E-state index contributed by atoms with van der Waals surface area (Å²) in [6, 6.07) is 4.15. The topological polar surface area (TPSA) is 50.3 Å². The van der Waals surface area contributed by atoms with E-state index in [0.29, 0.717) is 5.01 Å². The molecule has 1 amide bonds. The molecule has 0 unspecified atom stereocenters. The molecule has 0 saturated heterocycles. The summed E-state index contributed by atoms with van der Waals surface area (Å²) in [5.74, 6) is -1.92. The van der Waals surface area contributed by atoms with Gasteiger partial charge in [-0.1, -0.05) is 6.07 Å². The number of hydrogen-bond donors (Lipinski definition) is 0. The average Bonchev–Trinajstić information content (AvgIpc) is 2.84. The zero-order valence-corrected chi connectivity index (χ0v) is 11.8. The first-order chi connectivity index (χ1) is 9.49. The number of nitrogens with zero attached hydrogens (tertiary/aromatic N) is 2. The monoisotopic (exact) mass is 290 g/mol. The second-order valence-corrected chi connectivity index (χ2v) is 5.89. The molecule has 0 saturated carbocycles. The van der Waals surface area contributed by atoms with Gasteiger partial charge in [-0.2, -0.15) is 0 Å². The van der Waals surface area contributed by atoms with E-state index in [9.17, 15) is 14.0 Å². The van der Waals surface area contributed by atoms with Crippen molar-refractivity contribution in [1.29, 1.82) is 0 Å². The van der Waals surface area contributed by atoms with E-state index in [1.807, 2.05) is 13.8 Å². The van der Waals surface area contributed by atoms with Gasteiger partial charge in [0, 0.05) is 4.88 Å². The van der Waals surface area contributed by atoms with E-state index in [2.05, 4.69) is 4.98 Å². The van der Waals surface area contributed by atoms with Crippen LogP contribution in [-0.4, -0.2) is 16.7 Å². The van der Waals surface area contributed by atoms with Crippen LogP contribution in [0.1, 0.15) is 25.9 Å². The summed E-state index contributed by atoms with van der Waals surface area (Å²) in [4.78, 5) is 30.4. The Morgan fingerprint density at radius 1 is 1.30 bits per heavy atom. The lowest BCUT2D eigenvalue weighted by Crippen LogP contribution is -2.29. The van der Waals surface area contributed by atoms with Crippen molar-refractivity contribution in [2.24, 2.45) is 0 Å². The lowest BCUT2D eigenvalue weighted by Gasteiger charge is -2.15. The maximum Gasteiger partial charge on any atom is 0.299 e. The van der Waals surface area contributed by atoms with Crippen LogP contribution in [-0.2, 0) is 11.3 Å². The molecule has 0 atom stereocenters. The van der Waals surface area contributed by atoms with E-state index in [1.165, 1.54) is 34.4 Å². The van der Waals surface area contributed by atoms with Gasteiger partial charge in [0.1, 0.15) is 10.8 Å². The lowest BCUT2D eigenvalue weighted by molar-refractivity contribution is -0.114. The minimum absolute atomic E-state index is 0.0630. The van der Waals surface area contributed by atoms with Crippen molar-refractivity contribution in [3.63, 3.8) is 0 Å². The Morgan fingerprint density at radius 2 is 2.05 bits per heavy atom. The molecular formula is C14H11FN2O2S. The molecule has 4 nitrogen and oxygen atoms in total. The summed E-state index contributed by atoms with van der Waals surface area (Å²) in [6.45, 7) is 3.93. The molecule has 1 aromatic carbocycles. The normalized spacial score (nSPS) is 14.1. The van der Waals surface area contributed by atoms with Gasteiger partial charge in [-0.25, -0.2) is 9.37 Å². The predicted octanol–water partition coefficient (Wildman–Crippen LogP) is 2.63. The van der Waals surface area contributed by atoms with Crippen molar-refractivity contribution >= 4 is 28.7 Å². The van der Waals surface area contributed by atoms with Crippen LogP contribution in [0, 0.1) is 19.7 Å². The SMILES string of the molecule is Cc1nc(CN2C(=O)C(=O)c3cccc(F)c32)sc1C. The number of benzene rings is 1. The van der Waals surface area contributed by atoms with Gasteiger partial charge in [0.2, 0.25) is 0 Å². The summed E-state index contributed by atoms with van der Waals surface area (Å²) >= 11 is 1.45. The third-order valence-corrected chi connectivity index (χ3v) is 4.36. The van der Waals surface area contributed by atoms with Gasteiger partial charge in [0.15, 0.2) is 0 Å². The van der Waals surface area contributed by atoms with Crippen molar-refractivity contribution in [3.8, 4) is 0 Å². The fourth-order valence-corrected chi connectivity index (χ4v) is 3.13. The lowest BCUT2D eigenvalue weighted by atomic mass is 10.1. The fraction of sp³-hybridized carbons (Fsp3) is 0.214. The Hall–Kier alpha value is -2.08. The van der Waals surface area contributed by atoms with Gasteiger partial charge in [0.05, 0.1) is 23.5 Å². The van der Waals surface area contributed by atoms with Gasteiger partial charge in [0.25, 0.3) is 11.7 Å². The molecule has 0 bridgehead atoms. The standard InChI is InChI=1S/C14H11FN2O2S/c1-7-8(2)20-11(16-7)6-17-12-9(13(18)14(17)19)4-3-5-10(12)15/h3-5H,6H2,1-2H3. The molecule has 1 aliphatic heterocycles. The van der Waals surface area contributed by atoms with Crippen LogP contribution in [0.3, 0.4) is 0 Å². The highest BCUT2D eigenvalue weighted by Crippen LogP contribution is 2.33. The molecule has 0 aliphatic carbocycles. The number of carbonyl (C=O) groups is 2. The molecule has 1 aliphatic rings. The highest BCUT2D eigenvalue weighted by molar-refractivity contribution is 7.11. The Balaban J connectivity index is 2.03. The number of fused-ring (bicyclic) bond motifs is 1. The van der Waals surface area contributed by atoms with E-state index in [4.69, 9.17) is 0 Å². The summed E-state index contributed by atoms with van der Waals surface area (Å²) in [5, 5.41) is 0.692. The molecule has 0 fully saturated rings. The number of Topliss-reactive ketones (excluding diaryl/α,β-unsaturated/α-hetero) is 1. The maximum atomic E-state index is 13.9. The smallest absolute Gasteiger partial charge is 0.295 e. The van der Waals surface area contributed by atoms with Gasteiger partial charge >= 0.3 is 0 Å². The number of anilines is 1. The second kappa shape index (κ2) is 4.49. The highest BCUT2D eigenvalue weighted by Gasteiger charge is 2.38. The van der Waals surface area contributed by atoms with Crippen molar-refractivity contribution in [1.82, 2.24) is 4.98 Å². The van der Waals surface area contributed by atoms with Crippen LogP contribution in [0.15, 0.2) is 18.2 Å². The molecule has 2 heterocycles. The van der Waals surface area contributed by atoms with E-state index >= 15 is 0 Å². The average molecular weight is 290 g/mol. The Morgan fingerprint density at radius 3 is 2.70 bits per heavy atom. The molecule has 2 aromatic rings. The summed E-state index contributed by atoms with van der Waals surface area (Å²) < 4.78 is 13.9. The van der Waals surface area contributed by atoms with E-state index in [1.54, 1.807) is 0 Å². The number of amides is 1. The van der Waals surface area contributed by atoms with Crippen molar-refractivity contribution in [2.75, 3.05) is 4.90 Å². The summed E-state index contributed by atoms with van der Waals surface area (Å²) in [5.41, 5.74) is 1.07. The van der Waals surface area contributed by atoms with Gasteiger partial charge in [-0.15, -0.1) is 11.3 Å². The molecule has 102 valence electrons. The first-order valence-corrected chi connectivity index (χ1v) is 6.88. The largest absolute Gasteiger partial charge is 0.299 e. The Labute approximate surface area is 118 Å². The van der Waals surface area contributed by atoms with Gasteiger partial charge in [-0.3, -0.25) is 14.5 Å². The predicted molar refractivity (Wildman–Crippen MR) is 73.5 cm³/mol. The van der Waals surface area contributed by atoms with Crippen LogP contribution >= 0.6 is 11.3 Å². The van der Waals surface area contributed by atoms with E-state index in [-0.39, 0.29) is 17.8 Å². The number of para-hydroxylation sites is 1. The van der Waals surface area contributed by atoms with Crippen molar-refractivity contribution in [2.45, 2.75) is 20.4 Å². The molecule has 0 N–H and O–H groups in total. The minimum atomic E-state index is -0.699. The van der Waals surface area contributed by atoms with E-state index in [0.717, 1.165) is 10.6 Å². The van der Waals surface area contributed by atoms with Gasteiger partial charge < -0.3 is 0 Å². The Bertz CT molecular complexity index is 719. The third kappa shape index (κ3) is 1.84. The molecule has 6 heteroatoms. The van der Waals surface area contributed by atoms with Crippen LogP contribution in [0.4, 0.5) is 10.1 Å². The number of halogens is 1. The number of aromatic nitrogens is 1. The number of aryl methyl sites for hydroxylation is 2. The maximum absolute atomic E-state index is 13.9. The molecule has 0 spiro atoms. The number of rotatable bonds is 2. The Kier molecular flexibility index (Phi) is 2.90. The highest BCUT2D eigenvalue weighted by atomic mass is 32.1. The first-order valence-electron chi connectivity index (χ1n) is 6.06. The van der Waals surface area contributed by atoms with Crippen LogP contribution in [0.25, 0.3) is 0 Å². The fourth-order valence-electron chi connectivity index (χ4n) is 2.21. The molecule has 1 aromatic heterocycles. The zero-order chi connectivity index (χ0) is 14.4. The molecular weight excluding hydrogens is 279 g/mol.